The molecule has 22 heavy (non-hydrogen) atoms. The second kappa shape index (κ2) is 6.82. The van der Waals surface area contributed by atoms with Gasteiger partial charge in [-0.3, -0.25) is 4.79 Å². The number of carbonyl (C=O) groups is 1. The molecule has 2 saturated heterocycles. The minimum Gasteiger partial charge on any atom is -0.384 e. The Hall–Kier alpha value is -0.700. The Labute approximate surface area is 132 Å². The lowest BCUT2D eigenvalue weighted by Crippen LogP contribution is -2.47. The summed E-state index contributed by atoms with van der Waals surface area (Å²) in [5.41, 5.74) is -0.179. The van der Waals surface area contributed by atoms with Gasteiger partial charge in [0.25, 0.3) is 0 Å². The third-order valence-electron chi connectivity index (χ3n) is 4.94. The van der Waals surface area contributed by atoms with E-state index >= 15 is 0 Å². The number of piperidine rings is 1. The summed E-state index contributed by atoms with van der Waals surface area (Å²) in [6.45, 7) is 3.10. The van der Waals surface area contributed by atoms with Gasteiger partial charge in [-0.15, -0.1) is 0 Å². The van der Waals surface area contributed by atoms with Crippen LogP contribution in [0.25, 0.3) is 0 Å². The lowest BCUT2D eigenvalue weighted by molar-refractivity contribution is -0.134. The van der Waals surface area contributed by atoms with Crippen LogP contribution in [0.15, 0.2) is 0 Å². The van der Waals surface area contributed by atoms with Crippen LogP contribution in [0.3, 0.4) is 0 Å². The van der Waals surface area contributed by atoms with Gasteiger partial charge in [-0.25, -0.2) is 12.7 Å². The smallest absolute Gasteiger partial charge is 0.228 e. The molecular weight excluding hydrogens is 308 g/mol. The first-order valence-electron chi connectivity index (χ1n) is 7.56. The maximum absolute atomic E-state index is 12.6. The molecule has 2 rings (SSSR count). The normalized spacial score (nSPS) is 26.0. The van der Waals surface area contributed by atoms with Gasteiger partial charge >= 0.3 is 0 Å². The van der Waals surface area contributed by atoms with Crippen LogP contribution in [0.1, 0.15) is 12.8 Å². The van der Waals surface area contributed by atoms with Crippen LogP contribution in [0.2, 0.25) is 0 Å². The maximum atomic E-state index is 12.6. The summed E-state index contributed by atoms with van der Waals surface area (Å²) in [6, 6.07) is 0. The lowest BCUT2D eigenvalue weighted by atomic mass is 9.71. The molecule has 128 valence electrons. The van der Waals surface area contributed by atoms with E-state index in [1.807, 2.05) is 4.90 Å². The molecule has 1 amide bonds. The van der Waals surface area contributed by atoms with Crippen LogP contribution >= 0.6 is 0 Å². The Balaban J connectivity index is 2.12. The minimum absolute atomic E-state index is 0.103. The predicted molar refractivity (Wildman–Crippen MR) is 81.9 cm³/mol. The fourth-order valence-electron chi connectivity index (χ4n) is 3.63. The monoisotopic (exact) mass is 334 g/mol. The van der Waals surface area contributed by atoms with Crippen molar-refractivity contribution in [2.75, 3.05) is 59.9 Å². The Morgan fingerprint density at radius 1 is 1.23 bits per heavy atom. The van der Waals surface area contributed by atoms with Crippen molar-refractivity contribution < 1.29 is 22.7 Å². The van der Waals surface area contributed by atoms with Gasteiger partial charge < -0.3 is 14.4 Å². The first-order chi connectivity index (χ1) is 10.3. The van der Waals surface area contributed by atoms with E-state index in [4.69, 9.17) is 9.47 Å². The van der Waals surface area contributed by atoms with Gasteiger partial charge in [-0.1, -0.05) is 0 Å². The van der Waals surface area contributed by atoms with Crippen LogP contribution in [0, 0.1) is 11.3 Å². The van der Waals surface area contributed by atoms with Gasteiger partial charge in [0.2, 0.25) is 15.9 Å². The third kappa shape index (κ3) is 3.45. The average molecular weight is 334 g/mol. The van der Waals surface area contributed by atoms with E-state index in [2.05, 4.69) is 0 Å². The molecule has 1 spiro atoms. The highest BCUT2D eigenvalue weighted by molar-refractivity contribution is 7.88. The Bertz CT molecular complexity index is 499. The molecule has 2 fully saturated rings. The number of rotatable bonds is 6. The zero-order valence-electron chi connectivity index (χ0n) is 13.6. The van der Waals surface area contributed by atoms with E-state index in [0.717, 1.165) is 0 Å². The van der Waals surface area contributed by atoms with Crippen LogP contribution < -0.4 is 0 Å². The predicted octanol–water partition coefficient (Wildman–Crippen LogP) is -0.221. The molecule has 0 radical (unpaired) electrons. The lowest BCUT2D eigenvalue weighted by Gasteiger charge is -2.40. The highest BCUT2D eigenvalue weighted by Gasteiger charge is 2.53. The van der Waals surface area contributed by atoms with E-state index in [9.17, 15) is 13.2 Å². The van der Waals surface area contributed by atoms with Gasteiger partial charge in [-0.05, 0) is 12.8 Å². The van der Waals surface area contributed by atoms with Crippen LogP contribution in [-0.4, -0.2) is 83.4 Å². The summed E-state index contributed by atoms with van der Waals surface area (Å²) in [7, 11) is 0.0607. The third-order valence-corrected chi connectivity index (χ3v) is 6.24. The quantitative estimate of drug-likeness (QED) is 0.671. The van der Waals surface area contributed by atoms with Crippen molar-refractivity contribution in [1.29, 1.82) is 0 Å². The number of sulfonamides is 1. The highest BCUT2D eigenvalue weighted by atomic mass is 32.2. The largest absolute Gasteiger partial charge is 0.384 e. The first-order valence-corrected chi connectivity index (χ1v) is 9.41. The van der Waals surface area contributed by atoms with E-state index in [0.29, 0.717) is 52.2 Å². The highest BCUT2D eigenvalue weighted by Crippen LogP contribution is 2.45. The standard InChI is InChI=1S/C14H26N2O5S/c1-20-9-8-15-11-14(12(10-21-2)13(15)17)4-6-16(7-5-14)22(3,18)19/h12H,4-11H2,1-3H3/t12-/m0/s1. The number of hydrogen-bond acceptors (Lipinski definition) is 5. The molecule has 0 N–H and O–H groups in total. The molecule has 0 aromatic heterocycles. The fraction of sp³-hybridized carbons (Fsp3) is 0.929. The van der Waals surface area contributed by atoms with Gasteiger partial charge in [0, 0.05) is 45.8 Å². The molecule has 8 heteroatoms. The zero-order valence-corrected chi connectivity index (χ0v) is 14.4. The minimum atomic E-state index is -3.16. The van der Waals surface area contributed by atoms with Crippen molar-refractivity contribution in [2.24, 2.45) is 11.3 Å². The summed E-state index contributed by atoms with van der Waals surface area (Å²) in [4.78, 5) is 14.4. The summed E-state index contributed by atoms with van der Waals surface area (Å²) in [6.07, 6.45) is 2.63. The van der Waals surface area contributed by atoms with E-state index in [-0.39, 0.29) is 17.2 Å². The van der Waals surface area contributed by atoms with E-state index in [1.54, 1.807) is 14.2 Å². The molecule has 2 heterocycles. The van der Waals surface area contributed by atoms with Crippen molar-refractivity contribution in [3.05, 3.63) is 0 Å². The Kier molecular flexibility index (Phi) is 5.47. The van der Waals surface area contributed by atoms with Crippen molar-refractivity contribution in [1.82, 2.24) is 9.21 Å². The second-order valence-electron chi connectivity index (χ2n) is 6.28. The van der Waals surface area contributed by atoms with Crippen LogP contribution in [0.4, 0.5) is 0 Å². The van der Waals surface area contributed by atoms with Crippen molar-refractivity contribution in [3.8, 4) is 0 Å². The summed E-state index contributed by atoms with van der Waals surface area (Å²) in [5, 5.41) is 0. The van der Waals surface area contributed by atoms with Crippen molar-refractivity contribution in [3.63, 3.8) is 0 Å². The second-order valence-corrected chi connectivity index (χ2v) is 8.27. The number of ether oxygens (including phenoxy) is 2. The summed E-state index contributed by atoms with van der Waals surface area (Å²) < 4.78 is 35.2. The van der Waals surface area contributed by atoms with Crippen LogP contribution in [-0.2, 0) is 24.3 Å². The number of carbonyl (C=O) groups excluding carboxylic acids is 1. The van der Waals surface area contributed by atoms with E-state index < -0.39 is 10.0 Å². The number of nitrogens with zero attached hydrogens (tertiary/aromatic N) is 2. The number of likely N-dealkylation sites (tertiary alicyclic amines) is 1. The van der Waals surface area contributed by atoms with Crippen molar-refractivity contribution >= 4 is 15.9 Å². The summed E-state index contributed by atoms with van der Waals surface area (Å²) in [5.74, 6) is -0.0808. The average Bonchev–Trinajstić information content (AvgIpc) is 2.70. The SMILES string of the molecule is COCCN1CC2(CCN(S(C)(=O)=O)CC2)[C@@H](COC)C1=O. The molecular formula is C14H26N2O5S. The maximum Gasteiger partial charge on any atom is 0.228 e. The van der Waals surface area contributed by atoms with Gasteiger partial charge in [0.1, 0.15) is 0 Å². The first kappa shape index (κ1) is 17.7. The molecule has 0 unspecified atom stereocenters. The fourth-order valence-corrected chi connectivity index (χ4v) is 4.47. The van der Waals surface area contributed by atoms with Crippen LogP contribution in [0.5, 0.6) is 0 Å². The number of amides is 1. The summed E-state index contributed by atoms with van der Waals surface area (Å²) >= 11 is 0. The molecule has 0 aliphatic carbocycles. The molecule has 2 aliphatic heterocycles. The Morgan fingerprint density at radius 2 is 1.86 bits per heavy atom. The van der Waals surface area contributed by atoms with Crippen molar-refractivity contribution in [2.45, 2.75) is 12.8 Å². The van der Waals surface area contributed by atoms with Gasteiger partial charge in [0.15, 0.2) is 0 Å². The zero-order chi connectivity index (χ0) is 16.4. The molecule has 0 aromatic rings. The topological polar surface area (TPSA) is 76.2 Å². The van der Waals surface area contributed by atoms with E-state index in [1.165, 1.54) is 10.6 Å². The molecule has 7 nitrogen and oxygen atoms in total. The van der Waals surface area contributed by atoms with Gasteiger partial charge in [0.05, 0.1) is 25.4 Å². The number of methoxy groups -OCH3 is 2. The van der Waals surface area contributed by atoms with Gasteiger partial charge in [-0.2, -0.15) is 0 Å². The molecule has 0 saturated carbocycles. The molecule has 1 atom stereocenters. The Morgan fingerprint density at radius 3 is 2.36 bits per heavy atom. The number of hydrogen-bond donors (Lipinski definition) is 0. The molecule has 2 aliphatic rings. The molecule has 0 bridgehead atoms. The molecule has 0 aromatic carbocycles.